The molecule has 0 heterocycles. The van der Waals surface area contributed by atoms with E-state index in [1.807, 2.05) is 0 Å². The van der Waals surface area contributed by atoms with E-state index in [1.54, 1.807) is 0 Å². The third-order valence-electron chi connectivity index (χ3n) is 3.01. The predicted octanol–water partition coefficient (Wildman–Crippen LogP) is 2.44. The first-order valence-electron chi connectivity index (χ1n) is 6.36. The maximum Gasteiger partial charge on any atom is 0.221 e. The van der Waals surface area contributed by atoms with Gasteiger partial charge in [0.15, 0.2) is 0 Å². The second kappa shape index (κ2) is 6.89. The largest absolute Gasteiger partial charge is 0.353 e. The summed E-state index contributed by atoms with van der Waals surface area (Å²) in [6.07, 6.45) is 3.56. The molecule has 0 aliphatic heterocycles. The summed E-state index contributed by atoms with van der Waals surface area (Å²) in [5, 5.41) is 3.05. The van der Waals surface area contributed by atoms with Crippen LogP contribution in [0.15, 0.2) is 0 Å². The molecule has 0 bridgehead atoms. The Labute approximate surface area is 100 Å². The van der Waals surface area contributed by atoms with E-state index in [0.29, 0.717) is 12.5 Å². The van der Waals surface area contributed by atoms with Crippen LogP contribution in [0.3, 0.4) is 0 Å². The van der Waals surface area contributed by atoms with Gasteiger partial charge >= 0.3 is 0 Å². The summed E-state index contributed by atoms with van der Waals surface area (Å²) < 4.78 is 0. The predicted molar refractivity (Wildman–Crippen MR) is 69.2 cm³/mol. The quantitative estimate of drug-likeness (QED) is 0.733. The zero-order chi connectivity index (χ0) is 12.8. The van der Waals surface area contributed by atoms with Gasteiger partial charge in [0.1, 0.15) is 0 Å². The molecule has 0 aromatic heterocycles. The summed E-state index contributed by atoms with van der Waals surface area (Å²) in [5.41, 5.74) is 5.97. The highest BCUT2D eigenvalue weighted by Gasteiger charge is 2.23. The Balaban J connectivity index is 4.07. The lowest BCUT2D eigenvalue weighted by Crippen LogP contribution is -2.42. The lowest BCUT2D eigenvalue weighted by molar-refractivity contribution is -0.122. The van der Waals surface area contributed by atoms with Crippen molar-refractivity contribution in [2.24, 2.45) is 11.1 Å². The number of amides is 1. The summed E-state index contributed by atoms with van der Waals surface area (Å²) in [6.45, 7) is 10.4. The van der Waals surface area contributed by atoms with E-state index in [9.17, 15) is 4.79 Å². The van der Waals surface area contributed by atoms with Crippen molar-refractivity contribution in [3.63, 3.8) is 0 Å². The van der Waals surface area contributed by atoms with E-state index < -0.39 is 0 Å². The lowest BCUT2D eigenvalue weighted by atomic mass is 9.85. The van der Waals surface area contributed by atoms with Gasteiger partial charge in [0.25, 0.3) is 0 Å². The normalized spacial score (nSPS) is 15.6. The van der Waals surface area contributed by atoms with Gasteiger partial charge in [-0.05, 0) is 18.3 Å². The molecule has 96 valence electrons. The van der Waals surface area contributed by atoms with Gasteiger partial charge in [-0.15, -0.1) is 0 Å². The number of hydrogen-bond acceptors (Lipinski definition) is 2. The summed E-state index contributed by atoms with van der Waals surface area (Å²) in [4.78, 5) is 11.8. The van der Waals surface area contributed by atoms with Gasteiger partial charge in [0.05, 0.1) is 0 Å². The third-order valence-corrected chi connectivity index (χ3v) is 3.01. The maximum absolute atomic E-state index is 11.8. The van der Waals surface area contributed by atoms with Gasteiger partial charge in [-0.2, -0.15) is 0 Å². The molecule has 0 saturated heterocycles. The first kappa shape index (κ1) is 15.4. The van der Waals surface area contributed by atoms with Gasteiger partial charge in [-0.25, -0.2) is 0 Å². The molecule has 2 unspecified atom stereocenters. The van der Waals surface area contributed by atoms with Crippen LogP contribution in [0.1, 0.15) is 60.3 Å². The number of nitrogens with one attached hydrogen (secondary N) is 1. The van der Waals surface area contributed by atoms with Gasteiger partial charge in [-0.3, -0.25) is 4.79 Å². The zero-order valence-electron chi connectivity index (χ0n) is 11.5. The summed E-state index contributed by atoms with van der Waals surface area (Å²) in [5.74, 6) is 0.0859. The van der Waals surface area contributed by atoms with Crippen molar-refractivity contribution in [2.75, 3.05) is 0 Å². The molecule has 0 fully saturated rings. The van der Waals surface area contributed by atoms with E-state index in [4.69, 9.17) is 5.73 Å². The van der Waals surface area contributed by atoms with Crippen LogP contribution in [0.5, 0.6) is 0 Å². The lowest BCUT2D eigenvalue weighted by Gasteiger charge is -2.27. The van der Waals surface area contributed by atoms with Gasteiger partial charge in [-0.1, -0.05) is 41.0 Å². The summed E-state index contributed by atoms with van der Waals surface area (Å²) in [7, 11) is 0. The van der Waals surface area contributed by atoms with Crippen LogP contribution in [0.4, 0.5) is 0 Å². The first-order valence-corrected chi connectivity index (χ1v) is 6.36. The third kappa shape index (κ3) is 6.11. The molecule has 1 amide bonds. The molecule has 2 atom stereocenters. The minimum Gasteiger partial charge on any atom is -0.353 e. The fourth-order valence-electron chi connectivity index (χ4n) is 1.52. The van der Waals surface area contributed by atoms with Crippen LogP contribution in [0, 0.1) is 5.41 Å². The minimum atomic E-state index is -0.0772. The Morgan fingerprint density at radius 2 is 1.88 bits per heavy atom. The molecule has 0 aliphatic rings. The number of carbonyl (C=O) groups excluding carboxylic acids is 1. The monoisotopic (exact) mass is 228 g/mol. The fourth-order valence-corrected chi connectivity index (χ4v) is 1.52. The Bertz CT molecular complexity index is 208. The minimum absolute atomic E-state index is 0.0101. The zero-order valence-corrected chi connectivity index (χ0v) is 11.5. The fraction of sp³-hybridized carbons (Fsp3) is 0.923. The molecule has 0 saturated carbocycles. The van der Waals surface area contributed by atoms with Crippen molar-refractivity contribution in [3.8, 4) is 0 Å². The van der Waals surface area contributed by atoms with E-state index in [0.717, 1.165) is 19.3 Å². The molecule has 0 rings (SSSR count). The van der Waals surface area contributed by atoms with Crippen LogP contribution in [0.25, 0.3) is 0 Å². The van der Waals surface area contributed by atoms with Crippen LogP contribution in [-0.2, 0) is 4.79 Å². The molecule has 3 nitrogen and oxygen atoms in total. The summed E-state index contributed by atoms with van der Waals surface area (Å²) in [6, 6.07) is 0.233. The van der Waals surface area contributed by atoms with Crippen LogP contribution in [0.2, 0.25) is 0 Å². The molecule has 0 radical (unpaired) electrons. The highest BCUT2D eigenvalue weighted by Crippen LogP contribution is 2.19. The Morgan fingerprint density at radius 1 is 1.31 bits per heavy atom. The van der Waals surface area contributed by atoms with E-state index in [-0.39, 0.29) is 17.4 Å². The molecule has 3 N–H and O–H groups in total. The molecule has 3 heteroatoms. The number of nitrogens with two attached hydrogens (primary N) is 1. The van der Waals surface area contributed by atoms with Gasteiger partial charge < -0.3 is 11.1 Å². The van der Waals surface area contributed by atoms with Crippen molar-refractivity contribution in [1.82, 2.24) is 5.32 Å². The highest BCUT2D eigenvalue weighted by molar-refractivity contribution is 5.76. The Hall–Kier alpha value is -0.570. The first-order chi connectivity index (χ1) is 7.31. The molecular formula is C13H28N2O. The average molecular weight is 228 g/mol. The van der Waals surface area contributed by atoms with Crippen molar-refractivity contribution in [1.29, 1.82) is 0 Å². The van der Waals surface area contributed by atoms with Crippen LogP contribution >= 0.6 is 0 Å². The van der Waals surface area contributed by atoms with E-state index in [2.05, 4.69) is 39.9 Å². The van der Waals surface area contributed by atoms with Crippen LogP contribution < -0.4 is 11.1 Å². The van der Waals surface area contributed by atoms with E-state index in [1.165, 1.54) is 0 Å². The average Bonchev–Trinajstić information content (AvgIpc) is 2.15. The Morgan fingerprint density at radius 3 is 2.25 bits per heavy atom. The molecule has 0 aromatic carbocycles. The molecule has 0 spiro atoms. The molecule has 16 heavy (non-hydrogen) atoms. The molecular weight excluding hydrogens is 200 g/mol. The van der Waals surface area contributed by atoms with Gasteiger partial charge in [0.2, 0.25) is 5.91 Å². The topological polar surface area (TPSA) is 55.1 Å². The molecule has 0 aromatic rings. The maximum atomic E-state index is 11.8. The van der Waals surface area contributed by atoms with Gasteiger partial charge in [0, 0.05) is 18.5 Å². The second-order valence-corrected chi connectivity index (χ2v) is 5.64. The summed E-state index contributed by atoms with van der Waals surface area (Å²) >= 11 is 0. The highest BCUT2D eigenvalue weighted by atomic mass is 16.1. The Kier molecular flexibility index (Phi) is 6.65. The number of hydrogen-bond donors (Lipinski definition) is 2. The standard InChI is InChI=1S/C13H28N2O/c1-6-8-10(7-2)15-12(16)9-11(14)13(3,4)5/h10-11H,6-9,14H2,1-5H3,(H,15,16). The number of carbonyl (C=O) groups is 1. The second-order valence-electron chi connectivity index (χ2n) is 5.64. The van der Waals surface area contributed by atoms with E-state index >= 15 is 0 Å². The van der Waals surface area contributed by atoms with Crippen molar-refractivity contribution in [3.05, 3.63) is 0 Å². The van der Waals surface area contributed by atoms with Crippen molar-refractivity contribution in [2.45, 2.75) is 72.4 Å². The van der Waals surface area contributed by atoms with Crippen LogP contribution in [-0.4, -0.2) is 18.0 Å². The molecule has 0 aliphatic carbocycles. The van der Waals surface area contributed by atoms with Crippen molar-refractivity contribution < 1.29 is 4.79 Å². The SMILES string of the molecule is CCCC(CC)NC(=O)CC(N)C(C)(C)C. The smallest absolute Gasteiger partial charge is 0.221 e. The van der Waals surface area contributed by atoms with Crippen molar-refractivity contribution >= 4 is 5.91 Å². The number of rotatable bonds is 6.